The second-order valence-corrected chi connectivity index (χ2v) is 8.91. The minimum Gasteiger partial charge on any atom is -0.447 e. The summed E-state index contributed by atoms with van der Waals surface area (Å²) in [5, 5.41) is 2.86. The average molecular weight is 395 g/mol. The summed E-state index contributed by atoms with van der Waals surface area (Å²) in [7, 11) is -3.30. The Morgan fingerprint density at radius 2 is 2.15 bits per heavy atom. The maximum absolute atomic E-state index is 12.7. The maximum Gasteiger partial charge on any atom is 0.414 e. The number of hydrogen-bond acceptors (Lipinski definition) is 5. The number of carbonyl (C=O) groups excluding carboxylic acids is 2. The van der Waals surface area contributed by atoms with Crippen LogP contribution in [-0.2, 0) is 19.6 Å². The highest BCUT2D eigenvalue weighted by Crippen LogP contribution is 2.25. The van der Waals surface area contributed by atoms with Gasteiger partial charge in [-0.25, -0.2) is 17.5 Å². The lowest BCUT2D eigenvalue weighted by atomic mass is 9.98. The van der Waals surface area contributed by atoms with Crippen LogP contribution in [0.1, 0.15) is 26.2 Å². The smallest absolute Gasteiger partial charge is 0.414 e. The van der Waals surface area contributed by atoms with E-state index < -0.39 is 16.1 Å². The summed E-state index contributed by atoms with van der Waals surface area (Å²) in [5.74, 6) is -0.478. The highest BCUT2D eigenvalue weighted by atomic mass is 32.2. The first-order chi connectivity index (χ1) is 12.9. The number of ether oxygens (including phenoxy) is 1. The van der Waals surface area contributed by atoms with Gasteiger partial charge in [0.15, 0.2) is 0 Å². The fourth-order valence-corrected chi connectivity index (χ4v) is 5.01. The lowest BCUT2D eigenvalue weighted by Crippen LogP contribution is -2.44. The van der Waals surface area contributed by atoms with E-state index in [1.807, 2.05) is 6.92 Å². The van der Waals surface area contributed by atoms with Gasteiger partial charge >= 0.3 is 6.09 Å². The van der Waals surface area contributed by atoms with Crippen LogP contribution in [0.4, 0.5) is 16.2 Å². The molecule has 2 aliphatic rings. The molecule has 8 nitrogen and oxygen atoms in total. The minimum atomic E-state index is -3.30. The minimum absolute atomic E-state index is 0.106. The molecule has 1 aromatic rings. The molecule has 0 bridgehead atoms. The Labute approximate surface area is 159 Å². The Kier molecular flexibility index (Phi) is 6.01. The van der Waals surface area contributed by atoms with Gasteiger partial charge in [-0.15, -0.1) is 0 Å². The zero-order chi connectivity index (χ0) is 19.4. The van der Waals surface area contributed by atoms with E-state index in [0.29, 0.717) is 50.3 Å². The third kappa shape index (κ3) is 4.59. The van der Waals surface area contributed by atoms with Crippen molar-refractivity contribution in [3.8, 4) is 0 Å². The van der Waals surface area contributed by atoms with Crippen molar-refractivity contribution in [3.63, 3.8) is 0 Å². The maximum atomic E-state index is 12.7. The van der Waals surface area contributed by atoms with E-state index in [9.17, 15) is 18.0 Å². The predicted octanol–water partition coefficient (Wildman–Crippen LogP) is 2.03. The number of cyclic esters (lactones) is 1. The Morgan fingerprint density at radius 1 is 1.33 bits per heavy atom. The molecule has 1 unspecified atom stereocenters. The number of anilines is 2. The summed E-state index contributed by atoms with van der Waals surface area (Å²) >= 11 is 0. The standard InChI is InChI=1S/C18H25N3O5S/c1-2-11-27(24,25)20-8-4-5-14(13-20)17(22)19-15-6-3-7-16(12-15)21-9-10-26-18(21)23/h3,6-7,12,14H,2,4-5,8-11,13H2,1H3,(H,19,22). The number of rotatable bonds is 6. The summed E-state index contributed by atoms with van der Waals surface area (Å²) in [6.07, 6.45) is 1.48. The molecule has 3 rings (SSSR count). The van der Waals surface area contributed by atoms with Crippen molar-refractivity contribution in [2.75, 3.05) is 42.2 Å². The zero-order valence-corrected chi connectivity index (χ0v) is 16.2. The van der Waals surface area contributed by atoms with Crippen molar-refractivity contribution < 1.29 is 22.7 Å². The summed E-state index contributed by atoms with van der Waals surface area (Å²) in [6, 6.07) is 7.01. The first kappa shape index (κ1) is 19.6. The first-order valence-corrected chi connectivity index (χ1v) is 10.8. The van der Waals surface area contributed by atoms with Crippen LogP contribution in [0.15, 0.2) is 24.3 Å². The molecule has 2 saturated heterocycles. The van der Waals surface area contributed by atoms with Crippen molar-refractivity contribution in [1.29, 1.82) is 0 Å². The van der Waals surface area contributed by atoms with E-state index in [2.05, 4.69) is 5.32 Å². The van der Waals surface area contributed by atoms with Crippen molar-refractivity contribution in [1.82, 2.24) is 4.31 Å². The van der Waals surface area contributed by atoms with E-state index >= 15 is 0 Å². The monoisotopic (exact) mass is 395 g/mol. The van der Waals surface area contributed by atoms with Gasteiger partial charge in [0.2, 0.25) is 15.9 Å². The van der Waals surface area contributed by atoms with Crippen LogP contribution in [0.3, 0.4) is 0 Å². The largest absolute Gasteiger partial charge is 0.447 e. The number of benzene rings is 1. The Bertz CT molecular complexity index is 811. The van der Waals surface area contributed by atoms with Crippen LogP contribution in [-0.4, -0.2) is 56.7 Å². The molecule has 2 aliphatic heterocycles. The second-order valence-electron chi connectivity index (χ2n) is 6.82. The number of carbonyl (C=O) groups is 2. The summed E-state index contributed by atoms with van der Waals surface area (Å²) < 4.78 is 30.9. The van der Waals surface area contributed by atoms with Crippen molar-refractivity contribution in [3.05, 3.63) is 24.3 Å². The highest BCUT2D eigenvalue weighted by Gasteiger charge is 2.32. The molecule has 0 aromatic heterocycles. The van der Waals surface area contributed by atoms with Gasteiger partial charge in [0, 0.05) is 24.5 Å². The molecule has 0 saturated carbocycles. The molecule has 1 atom stereocenters. The molecule has 27 heavy (non-hydrogen) atoms. The molecule has 0 radical (unpaired) electrons. The zero-order valence-electron chi connectivity index (χ0n) is 15.4. The molecule has 2 fully saturated rings. The molecule has 2 heterocycles. The molecule has 2 amide bonds. The predicted molar refractivity (Wildman–Crippen MR) is 102 cm³/mol. The van der Waals surface area contributed by atoms with E-state index in [4.69, 9.17) is 4.74 Å². The highest BCUT2D eigenvalue weighted by molar-refractivity contribution is 7.89. The van der Waals surface area contributed by atoms with Crippen LogP contribution in [0.2, 0.25) is 0 Å². The number of nitrogens with one attached hydrogen (secondary N) is 1. The normalized spacial score (nSPS) is 21.1. The molecule has 9 heteroatoms. The Morgan fingerprint density at radius 3 is 2.85 bits per heavy atom. The fraction of sp³-hybridized carbons (Fsp3) is 0.556. The van der Waals surface area contributed by atoms with Gasteiger partial charge < -0.3 is 10.1 Å². The number of piperidine rings is 1. The molecule has 0 spiro atoms. The van der Waals surface area contributed by atoms with Crippen molar-refractivity contribution in [2.45, 2.75) is 26.2 Å². The third-order valence-corrected chi connectivity index (χ3v) is 6.84. The third-order valence-electron chi connectivity index (χ3n) is 4.80. The van der Waals surface area contributed by atoms with Crippen LogP contribution < -0.4 is 10.2 Å². The van der Waals surface area contributed by atoms with Crippen LogP contribution in [0, 0.1) is 5.92 Å². The molecular weight excluding hydrogens is 370 g/mol. The molecule has 1 aromatic carbocycles. The molecule has 148 valence electrons. The van der Waals surface area contributed by atoms with Crippen LogP contribution in [0.25, 0.3) is 0 Å². The summed E-state index contributed by atoms with van der Waals surface area (Å²) in [4.78, 5) is 25.9. The summed E-state index contributed by atoms with van der Waals surface area (Å²) in [6.45, 7) is 3.34. The fourth-order valence-electron chi connectivity index (χ4n) is 3.42. The SMILES string of the molecule is CCCS(=O)(=O)N1CCCC(C(=O)Nc2cccc(N3CCOC3=O)c2)C1. The number of nitrogens with zero attached hydrogens (tertiary/aromatic N) is 2. The van der Waals surface area contributed by atoms with Gasteiger partial charge in [-0.2, -0.15) is 0 Å². The van der Waals surface area contributed by atoms with Gasteiger partial charge in [0.25, 0.3) is 0 Å². The summed E-state index contributed by atoms with van der Waals surface area (Å²) in [5.41, 5.74) is 1.23. The van der Waals surface area contributed by atoms with Crippen LogP contribution in [0.5, 0.6) is 0 Å². The Hall–Kier alpha value is -2.13. The number of hydrogen-bond donors (Lipinski definition) is 1. The van der Waals surface area contributed by atoms with Gasteiger partial charge in [0.1, 0.15) is 6.61 Å². The van der Waals surface area contributed by atoms with E-state index in [0.717, 1.165) is 0 Å². The van der Waals surface area contributed by atoms with E-state index in [1.54, 1.807) is 24.3 Å². The molecule has 1 N–H and O–H groups in total. The number of amides is 2. The Balaban J connectivity index is 1.66. The van der Waals surface area contributed by atoms with E-state index in [1.165, 1.54) is 9.21 Å². The quantitative estimate of drug-likeness (QED) is 0.795. The number of sulfonamides is 1. The van der Waals surface area contributed by atoms with Gasteiger partial charge in [-0.1, -0.05) is 13.0 Å². The average Bonchev–Trinajstić information content (AvgIpc) is 3.08. The van der Waals surface area contributed by atoms with E-state index in [-0.39, 0.29) is 24.1 Å². The topological polar surface area (TPSA) is 96.0 Å². The lowest BCUT2D eigenvalue weighted by molar-refractivity contribution is -0.120. The molecular formula is C18H25N3O5S. The van der Waals surface area contributed by atoms with Gasteiger partial charge in [-0.3, -0.25) is 9.69 Å². The van der Waals surface area contributed by atoms with Crippen molar-refractivity contribution in [2.24, 2.45) is 5.92 Å². The van der Waals surface area contributed by atoms with Crippen LogP contribution >= 0.6 is 0 Å². The van der Waals surface area contributed by atoms with Crippen molar-refractivity contribution >= 4 is 33.4 Å². The second kappa shape index (κ2) is 8.26. The lowest BCUT2D eigenvalue weighted by Gasteiger charge is -2.31. The molecule has 0 aliphatic carbocycles. The van der Waals surface area contributed by atoms with Gasteiger partial charge in [0.05, 0.1) is 18.2 Å². The van der Waals surface area contributed by atoms with Gasteiger partial charge in [-0.05, 0) is 37.5 Å². The first-order valence-electron chi connectivity index (χ1n) is 9.24.